The van der Waals surface area contributed by atoms with Gasteiger partial charge in [-0.3, -0.25) is 9.89 Å². The van der Waals surface area contributed by atoms with Crippen LogP contribution in [0.1, 0.15) is 19.4 Å². The van der Waals surface area contributed by atoms with Gasteiger partial charge in [0.25, 0.3) is 5.56 Å². The number of pyridine rings is 1. The van der Waals surface area contributed by atoms with Gasteiger partial charge in [-0.05, 0) is 30.0 Å². The minimum Gasteiger partial charge on any atom is -0.496 e. The molecule has 0 unspecified atom stereocenters. The highest BCUT2D eigenvalue weighted by Crippen LogP contribution is 2.38. The molecule has 1 N–H and O–H groups in total. The Hall–Kier alpha value is -2.76. The van der Waals surface area contributed by atoms with Crippen LogP contribution in [0, 0.1) is 5.92 Å². The fourth-order valence-electron chi connectivity index (χ4n) is 3.13. The summed E-state index contributed by atoms with van der Waals surface area (Å²) in [6.45, 7) is 4.32. The molecule has 25 heavy (non-hydrogen) atoms. The highest BCUT2D eigenvalue weighted by molar-refractivity contribution is 5.94. The molecule has 0 radical (unpaired) electrons. The van der Waals surface area contributed by atoms with E-state index >= 15 is 0 Å². The number of hydrogen-bond donors (Lipinski definition) is 1. The molecule has 0 atom stereocenters. The Morgan fingerprint density at radius 3 is 2.40 bits per heavy atom. The molecular weight excluding hydrogens is 318 g/mol. The third-order valence-electron chi connectivity index (χ3n) is 4.32. The molecule has 0 aliphatic rings. The van der Waals surface area contributed by atoms with Crippen LogP contribution in [-0.2, 0) is 13.5 Å². The molecule has 0 aliphatic heterocycles. The second-order valence-electron chi connectivity index (χ2n) is 6.57. The third kappa shape index (κ3) is 2.99. The molecule has 2 heterocycles. The summed E-state index contributed by atoms with van der Waals surface area (Å²) in [6, 6.07) is 3.99. The minimum atomic E-state index is -0.105. The predicted octanol–water partition coefficient (Wildman–Crippen LogP) is 3.14. The van der Waals surface area contributed by atoms with Crippen LogP contribution in [0.15, 0.2) is 29.3 Å². The van der Waals surface area contributed by atoms with Gasteiger partial charge in [0.05, 0.1) is 20.4 Å². The molecule has 3 aromatic rings. The van der Waals surface area contributed by atoms with Gasteiger partial charge in [0.2, 0.25) is 0 Å². The molecule has 0 saturated carbocycles. The fraction of sp³-hybridized carbons (Fsp3) is 0.368. The molecule has 0 saturated heterocycles. The lowest BCUT2D eigenvalue weighted by atomic mass is 9.96. The van der Waals surface area contributed by atoms with Gasteiger partial charge < -0.3 is 14.0 Å². The molecule has 0 fully saturated rings. The van der Waals surface area contributed by atoms with Gasteiger partial charge in [0.15, 0.2) is 0 Å². The van der Waals surface area contributed by atoms with Crippen LogP contribution in [0.4, 0.5) is 0 Å². The van der Waals surface area contributed by atoms with Crippen molar-refractivity contribution in [3.05, 3.63) is 40.4 Å². The van der Waals surface area contributed by atoms with E-state index in [-0.39, 0.29) is 5.56 Å². The number of nitrogens with one attached hydrogen (secondary N) is 1. The van der Waals surface area contributed by atoms with E-state index in [1.54, 1.807) is 32.0 Å². The summed E-state index contributed by atoms with van der Waals surface area (Å²) in [4.78, 5) is 12.2. The summed E-state index contributed by atoms with van der Waals surface area (Å²) in [5, 5.41) is 7.60. The monoisotopic (exact) mass is 341 g/mol. The van der Waals surface area contributed by atoms with Crippen molar-refractivity contribution in [2.24, 2.45) is 13.0 Å². The van der Waals surface area contributed by atoms with Crippen LogP contribution in [0.3, 0.4) is 0 Å². The Morgan fingerprint density at radius 1 is 1.20 bits per heavy atom. The summed E-state index contributed by atoms with van der Waals surface area (Å²) in [5.41, 5.74) is 3.26. The number of methoxy groups -OCH3 is 2. The van der Waals surface area contributed by atoms with Crippen LogP contribution >= 0.6 is 0 Å². The van der Waals surface area contributed by atoms with E-state index in [2.05, 4.69) is 24.0 Å². The van der Waals surface area contributed by atoms with E-state index in [0.717, 1.165) is 40.0 Å². The minimum absolute atomic E-state index is 0.105. The molecule has 6 nitrogen and oxygen atoms in total. The molecule has 0 amide bonds. The number of fused-ring (bicyclic) bond motifs is 1. The zero-order valence-electron chi connectivity index (χ0n) is 15.2. The van der Waals surface area contributed by atoms with Crippen molar-refractivity contribution in [1.29, 1.82) is 0 Å². The Morgan fingerprint density at radius 2 is 1.84 bits per heavy atom. The maximum atomic E-state index is 12.2. The van der Waals surface area contributed by atoms with Gasteiger partial charge in [0.1, 0.15) is 17.0 Å². The molecule has 0 spiro atoms. The quantitative estimate of drug-likeness (QED) is 0.774. The first-order valence-electron chi connectivity index (χ1n) is 8.24. The highest BCUT2D eigenvalue weighted by Gasteiger charge is 2.17. The van der Waals surface area contributed by atoms with Crippen molar-refractivity contribution in [2.75, 3.05) is 14.2 Å². The average Bonchev–Trinajstić information content (AvgIpc) is 3.07. The first-order valence-corrected chi connectivity index (χ1v) is 8.24. The molecule has 6 heteroatoms. The molecule has 0 aliphatic carbocycles. The number of H-pyrrole nitrogens is 1. The van der Waals surface area contributed by atoms with Crippen molar-refractivity contribution < 1.29 is 9.47 Å². The van der Waals surface area contributed by atoms with Crippen molar-refractivity contribution in [1.82, 2.24) is 14.8 Å². The summed E-state index contributed by atoms with van der Waals surface area (Å²) >= 11 is 0. The van der Waals surface area contributed by atoms with Crippen LogP contribution in [0.2, 0.25) is 0 Å². The lowest BCUT2D eigenvalue weighted by Crippen LogP contribution is -2.16. The number of rotatable bonds is 5. The van der Waals surface area contributed by atoms with Crippen LogP contribution < -0.4 is 15.0 Å². The Kier molecular flexibility index (Phi) is 4.53. The smallest absolute Gasteiger partial charge is 0.276 e. The Bertz CT molecular complexity index is 945. The van der Waals surface area contributed by atoms with Gasteiger partial charge in [-0.1, -0.05) is 13.8 Å². The van der Waals surface area contributed by atoms with Gasteiger partial charge in [-0.2, -0.15) is 5.10 Å². The lowest BCUT2D eigenvalue weighted by molar-refractivity contribution is 0.381. The number of aromatic nitrogens is 3. The SMILES string of the molecule is COc1cc(-c2cn(C)c(=O)c3[nH]ncc23)cc(OC)c1CC(C)C. The fourth-order valence-corrected chi connectivity index (χ4v) is 3.13. The number of aryl methyl sites for hydroxylation is 1. The Labute approximate surface area is 146 Å². The number of ether oxygens (including phenoxy) is 2. The maximum Gasteiger partial charge on any atom is 0.276 e. The van der Waals surface area contributed by atoms with Crippen LogP contribution in [-0.4, -0.2) is 29.0 Å². The van der Waals surface area contributed by atoms with Crippen molar-refractivity contribution in [3.8, 4) is 22.6 Å². The van der Waals surface area contributed by atoms with E-state index in [1.807, 2.05) is 18.3 Å². The van der Waals surface area contributed by atoms with Gasteiger partial charge in [0, 0.05) is 29.8 Å². The van der Waals surface area contributed by atoms with Crippen molar-refractivity contribution in [2.45, 2.75) is 20.3 Å². The number of hydrogen-bond acceptors (Lipinski definition) is 4. The first-order chi connectivity index (χ1) is 12.0. The number of benzene rings is 1. The second kappa shape index (κ2) is 6.63. The van der Waals surface area contributed by atoms with Crippen molar-refractivity contribution >= 4 is 10.9 Å². The van der Waals surface area contributed by atoms with Gasteiger partial charge >= 0.3 is 0 Å². The van der Waals surface area contributed by atoms with E-state index in [0.29, 0.717) is 11.4 Å². The summed E-state index contributed by atoms with van der Waals surface area (Å²) in [7, 11) is 5.06. The lowest BCUT2D eigenvalue weighted by Gasteiger charge is -2.17. The second-order valence-corrected chi connectivity index (χ2v) is 6.57. The molecule has 132 valence electrons. The summed E-state index contributed by atoms with van der Waals surface area (Å²) < 4.78 is 12.8. The zero-order valence-corrected chi connectivity index (χ0v) is 15.2. The highest BCUT2D eigenvalue weighted by atomic mass is 16.5. The normalized spacial score (nSPS) is 11.3. The molecule has 3 rings (SSSR count). The molecule has 0 bridgehead atoms. The van der Waals surface area contributed by atoms with Gasteiger partial charge in [-0.15, -0.1) is 0 Å². The first kappa shape index (κ1) is 17.1. The van der Waals surface area contributed by atoms with E-state index in [1.165, 1.54) is 0 Å². The van der Waals surface area contributed by atoms with E-state index in [4.69, 9.17) is 9.47 Å². The van der Waals surface area contributed by atoms with E-state index in [9.17, 15) is 4.79 Å². The van der Waals surface area contributed by atoms with Crippen LogP contribution in [0.25, 0.3) is 22.0 Å². The maximum absolute atomic E-state index is 12.2. The average molecular weight is 341 g/mol. The standard InChI is InChI=1S/C19H23N3O3/c1-11(2)6-13-16(24-4)7-12(8-17(13)25-5)15-10-22(3)19(23)18-14(15)9-20-21-18/h7-11H,6H2,1-5H3,(H,20,21). The topological polar surface area (TPSA) is 69.1 Å². The molecular formula is C19H23N3O3. The third-order valence-corrected chi connectivity index (χ3v) is 4.32. The van der Waals surface area contributed by atoms with Gasteiger partial charge in [-0.25, -0.2) is 0 Å². The number of nitrogens with zero attached hydrogens (tertiary/aromatic N) is 2. The van der Waals surface area contributed by atoms with Crippen molar-refractivity contribution in [3.63, 3.8) is 0 Å². The number of aromatic amines is 1. The molecule has 1 aromatic carbocycles. The van der Waals surface area contributed by atoms with Crippen LogP contribution in [0.5, 0.6) is 11.5 Å². The summed E-state index contributed by atoms with van der Waals surface area (Å²) in [5.74, 6) is 2.05. The summed E-state index contributed by atoms with van der Waals surface area (Å²) in [6.07, 6.45) is 4.35. The predicted molar refractivity (Wildman–Crippen MR) is 98.4 cm³/mol. The molecule has 2 aromatic heterocycles. The Balaban J connectivity index is 2.27. The van der Waals surface area contributed by atoms with E-state index < -0.39 is 0 Å². The largest absolute Gasteiger partial charge is 0.496 e. The zero-order chi connectivity index (χ0) is 18.1.